The Hall–Kier alpha value is -3.07. The molecule has 5 rings (SSSR count). The predicted molar refractivity (Wildman–Crippen MR) is 107 cm³/mol. The summed E-state index contributed by atoms with van der Waals surface area (Å²) < 4.78 is 6.85. The van der Waals surface area contributed by atoms with E-state index in [1.165, 1.54) is 11.1 Å². The van der Waals surface area contributed by atoms with Gasteiger partial charge in [0.25, 0.3) is 0 Å². The van der Waals surface area contributed by atoms with Crippen molar-refractivity contribution in [2.75, 3.05) is 6.54 Å². The van der Waals surface area contributed by atoms with E-state index in [1.54, 1.807) is 0 Å². The third-order valence-electron chi connectivity index (χ3n) is 5.60. The zero-order chi connectivity index (χ0) is 18.1. The third kappa shape index (κ3) is 2.62. The SMILES string of the molecule is c1ccc(C2=NN3CCC[C@H]3C(c3ccccc3)(c3ccccc3)O2)cc1. The summed E-state index contributed by atoms with van der Waals surface area (Å²) >= 11 is 0. The number of hydrogen-bond acceptors (Lipinski definition) is 3. The molecule has 0 saturated carbocycles. The molecule has 3 aromatic carbocycles. The first-order valence-electron chi connectivity index (χ1n) is 9.59. The van der Waals surface area contributed by atoms with Crippen molar-refractivity contribution in [1.29, 1.82) is 0 Å². The lowest BCUT2D eigenvalue weighted by atomic mass is 9.78. The Labute approximate surface area is 159 Å². The predicted octanol–water partition coefficient (Wildman–Crippen LogP) is 4.79. The van der Waals surface area contributed by atoms with Gasteiger partial charge in [-0.3, -0.25) is 5.01 Å². The highest BCUT2D eigenvalue weighted by atomic mass is 16.5. The third-order valence-corrected chi connectivity index (χ3v) is 5.60. The molecule has 2 heterocycles. The molecule has 3 nitrogen and oxygen atoms in total. The highest BCUT2D eigenvalue weighted by Crippen LogP contribution is 2.46. The smallest absolute Gasteiger partial charge is 0.239 e. The average Bonchev–Trinajstić information content (AvgIpc) is 3.24. The van der Waals surface area contributed by atoms with Crippen LogP contribution in [0.3, 0.4) is 0 Å². The molecule has 0 radical (unpaired) electrons. The molecule has 0 bridgehead atoms. The minimum atomic E-state index is -0.564. The fourth-order valence-corrected chi connectivity index (χ4v) is 4.38. The highest BCUT2D eigenvalue weighted by molar-refractivity contribution is 5.95. The van der Waals surface area contributed by atoms with Crippen molar-refractivity contribution in [1.82, 2.24) is 5.01 Å². The number of hydrazone groups is 1. The second kappa shape index (κ2) is 6.58. The van der Waals surface area contributed by atoms with Crippen LogP contribution >= 0.6 is 0 Å². The fourth-order valence-electron chi connectivity index (χ4n) is 4.38. The molecule has 134 valence electrons. The Morgan fingerprint density at radius 1 is 0.778 bits per heavy atom. The Balaban J connectivity index is 1.73. The van der Waals surface area contributed by atoms with Crippen LogP contribution in [0.1, 0.15) is 29.5 Å². The number of nitrogens with zero attached hydrogens (tertiary/aromatic N) is 2. The molecule has 0 amide bonds. The summed E-state index contributed by atoms with van der Waals surface area (Å²) in [6.07, 6.45) is 2.19. The van der Waals surface area contributed by atoms with Crippen molar-refractivity contribution < 1.29 is 4.74 Å². The zero-order valence-corrected chi connectivity index (χ0v) is 15.2. The van der Waals surface area contributed by atoms with Crippen molar-refractivity contribution in [2.45, 2.75) is 24.5 Å². The Bertz CT molecular complexity index is 898. The van der Waals surface area contributed by atoms with Gasteiger partial charge in [0.2, 0.25) is 5.90 Å². The summed E-state index contributed by atoms with van der Waals surface area (Å²) in [5, 5.41) is 7.13. The summed E-state index contributed by atoms with van der Waals surface area (Å²) in [4.78, 5) is 0. The van der Waals surface area contributed by atoms with Crippen LogP contribution in [0, 0.1) is 0 Å². The molecule has 2 aliphatic rings. The van der Waals surface area contributed by atoms with E-state index >= 15 is 0 Å². The lowest BCUT2D eigenvalue weighted by Crippen LogP contribution is -2.53. The van der Waals surface area contributed by atoms with E-state index in [1.807, 2.05) is 18.2 Å². The molecule has 0 N–H and O–H groups in total. The molecule has 2 aliphatic heterocycles. The van der Waals surface area contributed by atoms with E-state index in [2.05, 4.69) is 77.8 Å². The van der Waals surface area contributed by atoms with Crippen LogP contribution in [0.25, 0.3) is 0 Å². The molecular weight excluding hydrogens is 332 g/mol. The van der Waals surface area contributed by atoms with Crippen molar-refractivity contribution in [3.8, 4) is 0 Å². The summed E-state index contributed by atoms with van der Waals surface area (Å²) in [7, 11) is 0. The van der Waals surface area contributed by atoms with E-state index in [0.717, 1.165) is 24.9 Å². The maximum atomic E-state index is 6.85. The largest absolute Gasteiger partial charge is 0.457 e. The summed E-state index contributed by atoms with van der Waals surface area (Å²) in [6, 6.07) is 31.6. The Kier molecular flexibility index (Phi) is 3.93. The van der Waals surface area contributed by atoms with Crippen LogP contribution in [0.4, 0.5) is 0 Å². The fraction of sp³-hybridized carbons (Fsp3) is 0.208. The molecule has 0 spiro atoms. The minimum absolute atomic E-state index is 0.190. The van der Waals surface area contributed by atoms with Crippen molar-refractivity contribution >= 4 is 5.90 Å². The van der Waals surface area contributed by atoms with Gasteiger partial charge in [-0.1, -0.05) is 78.9 Å². The van der Waals surface area contributed by atoms with E-state index in [9.17, 15) is 0 Å². The van der Waals surface area contributed by atoms with Crippen molar-refractivity contribution in [3.63, 3.8) is 0 Å². The van der Waals surface area contributed by atoms with Crippen LogP contribution in [0.15, 0.2) is 96.1 Å². The van der Waals surface area contributed by atoms with Crippen molar-refractivity contribution in [3.05, 3.63) is 108 Å². The number of hydrogen-bond donors (Lipinski definition) is 0. The van der Waals surface area contributed by atoms with Crippen LogP contribution < -0.4 is 0 Å². The van der Waals surface area contributed by atoms with E-state index in [4.69, 9.17) is 9.84 Å². The number of benzene rings is 3. The van der Waals surface area contributed by atoms with Gasteiger partial charge in [-0.2, -0.15) is 0 Å². The molecule has 1 fully saturated rings. The minimum Gasteiger partial charge on any atom is -0.457 e. The standard InChI is InChI=1S/C24H22N2O/c1-4-11-19(12-5-1)23-25-26-18-10-17-22(26)24(27-23,20-13-6-2-7-14-20)21-15-8-3-9-16-21/h1-9,11-16,22H,10,17-18H2/t22-/m0/s1. The molecule has 1 atom stereocenters. The molecular formula is C24H22N2O. The van der Waals surface area contributed by atoms with Crippen LogP contribution in [-0.4, -0.2) is 23.5 Å². The first kappa shape index (κ1) is 16.1. The number of fused-ring (bicyclic) bond motifs is 1. The van der Waals surface area contributed by atoms with Gasteiger partial charge in [0, 0.05) is 23.2 Å². The van der Waals surface area contributed by atoms with Gasteiger partial charge in [0.1, 0.15) is 0 Å². The number of rotatable bonds is 3. The molecule has 27 heavy (non-hydrogen) atoms. The monoisotopic (exact) mass is 354 g/mol. The van der Waals surface area contributed by atoms with Crippen LogP contribution in [0.5, 0.6) is 0 Å². The highest BCUT2D eigenvalue weighted by Gasteiger charge is 2.52. The topological polar surface area (TPSA) is 24.8 Å². The van der Waals surface area contributed by atoms with Gasteiger partial charge in [0.15, 0.2) is 5.60 Å². The van der Waals surface area contributed by atoms with Gasteiger partial charge < -0.3 is 4.74 Å². The van der Waals surface area contributed by atoms with Crippen molar-refractivity contribution in [2.24, 2.45) is 5.10 Å². The lowest BCUT2D eigenvalue weighted by Gasteiger charge is -2.46. The molecule has 0 aliphatic carbocycles. The van der Waals surface area contributed by atoms with Gasteiger partial charge in [-0.25, -0.2) is 0 Å². The maximum absolute atomic E-state index is 6.85. The van der Waals surface area contributed by atoms with Gasteiger partial charge >= 0.3 is 0 Å². The van der Waals surface area contributed by atoms with E-state index in [-0.39, 0.29) is 6.04 Å². The van der Waals surface area contributed by atoms with E-state index in [0.29, 0.717) is 5.90 Å². The molecule has 1 saturated heterocycles. The van der Waals surface area contributed by atoms with Crippen LogP contribution in [-0.2, 0) is 10.3 Å². The van der Waals surface area contributed by atoms with Gasteiger partial charge in [-0.15, -0.1) is 5.10 Å². The zero-order valence-electron chi connectivity index (χ0n) is 15.2. The number of ether oxygens (including phenoxy) is 1. The quantitative estimate of drug-likeness (QED) is 0.676. The summed E-state index contributed by atoms with van der Waals surface area (Å²) in [5.41, 5.74) is 2.80. The molecule has 3 heteroatoms. The Morgan fingerprint density at radius 3 is 1.93 bits per heavy atom. The summed E-state index contributed by atoms with van der Waals surface area (Å²) in [5.74, 6) is 0.696. The normalized spacial score (nSPS) is 20.5. The molecule has 0 unspecified atom stereocenters. The van der Waals surface area contributed by atoms with Gasteiger partial charge in [-0.05, 0) is 25.0 Å². The average molecular weight is 354 g/mol. The first-order chi connectivity index (χ1) is 13.4. The van der Waals surface area contributed by atoms with Gasteiger partial charge in [0.05, 0.1) is 6.04 Å². The van der Waals surface area contributed by atoms with Crippen LogP contribution in [0.2, 0.25) is 0 Å². The maximum Gasteiger partial charge on any atom is 0.239 e. The summed E-state index contributed by atoms with van der Waals surface area (Å²) in [6.45, 7) is 0.964. The van der Waals surface area contributed by atoms with E-state index < -0.39 is 5.60 Å². The second-order valence-electron chi connectivity index (χ2n) is 7.16. The lowest BCUT2D eigenvalue weighted by molar-refractivity contribution is -0.0167. The second-order valence-corrected chi connectivity index (χ2v) is 7.16. The molecule has 0 aromatic heterocycles. The molecule has 3 aromatic rings. The first-order valence-corrected chi connectivity index (χ1v) is 9.59. The Morgan fingerprint density at radius 2 is 1.33 bits per heavy atom.